The highest BCUT2D eigenvalue weighted by Crippen LogP contribution is 2.17. The molecule has 0 unspecified atom stereocenters. The number of hydrogen-bond donors (Lipinski definition) is 2. The monoisotopic (exact) mass is 393 g/mol. The molecule has 1 aliphatic heterocycles. The zero-order chi connectivity index (χ0) is 19.9. The molecule has 3 heterocycles. The van der Waals surface area contributed by atoms with Crippen molar-refractivity contribution in [2.75, 3.05) is 13.1 Å². The molecular weight excluding hydrogens is 366 g/mol. The summed E-state index contributed by atoms with van der Waals surface area (Å²) in [7, 11) is 0. The fourth-order valence-corrected chi connectivity index (χ4v) is 3.69. The standard InChI is InChI=1S/C21H27N7O/c29-21(19-16-28(26-25-19)18-8-10-22-11-9-18)24-15-20-23-12-14-27(20)13-4-7-17-5-2-1-3-6-17/h1-3,5-6,12,14,16,18,22H,4,7-11,13,15H2,(H,24,29). The number of hydrogen-bond acceptors (Lipinski definition) is 5. The van der Waals surface area contributed by atoms with Gasteiger partial charge in [-0.1, -0.05) is 35.5 Å². The Morgan fingerprint density at radius 1 is 1.21 bits per heavy atom. The van der Waals surface area contributed by atoms with E-state index in [1.54, 1.807) is 12.4 Å². The van der Waals surface area contributed by atoms with Gasteiger partial charge in [-0.15, -0.1) is 5.10 Å². The molecule has 3 aromatic rings. The van der Waals surface area contributed by atoms with Gasteiger partial charge in [-0.05, 0) is 44.3 Å². The normalized spacial score (nSPS) is 14.8. The van der Waals surface area contributed by atoms with Crippen LogP contribution < -0.4 is 10.6 Å². The van der Waals surface area contributed by atoms with Gasteiger partial charge in [0.15, 0.2) is 5.69 Å². The molecule has 0 saturated carbocycles. The molecule has 0 atom stereocenters. The minimum atomic E-state index is -0.219. The topological polar surface area (TPSA) is 89.7 Å². The largest absolute Gasteiger partial charge is 0.343 e. The first kappa shape index (κ1) is 19.3. The van der Waals surface area contributed by atoms with Gasteiger partial charge in [-0.25, -0.2) is 9.67 Å². The third kappa shape index (κ3) is 5.08. The van der Waals surface area contributed by atoms with Crippen molar-refractivity contribution < 1.29 is 4.79 Å². The number of aromatic nitrogens is 5. The maximum atomic E-state index is 12.5. The van der Waals surface area contributed by atoms with E-state index in [0.29, 0.717) is 18.3 Å². The molecule has 4 rings (SSSR count). The molecule has 1 aliphatic rings. The average Bonchev–Trinajstić information content (AvgIpc) is 3.43. The third-order valence-electron chi connectivity index (χ3n) is 5.34. The van der Waals surface area contributed by atoms with Gasteiger partial charge >= 0.3 is 0 Å². The molecule has 2 aromatic heterocycles. The van der Waals surface area contributed by atoms with Crippen molar-refractivity contribution in [2.45, 2.75) is 44.8 Å². The molecule has 152 valence electrons. The quantitative estimate of drug-likeness (QED) is 0.611. The van der Waals surface area contributed by atoms with Crippen LogP contribution in [0.3, 0.4) is 0 Å². The van der Waals surface area contributed by atoms with Crippen LogP contribution in [0.15, 0.2) is 48.9 Å². The SMILES string of the molecule is O=C(NCc1nccn1CCCc1ccccc1)c1cn(C2CCNCC2)nn1. The molecule has 2 N–H and O–H groups in total. The lowest BCUT2D eigenvalue weighted by molar-refractivity contribution is 0.0944. The van der Waals surface area contributed by atoms with Crippen LogP contribution in [-0.2, 0) is 19.5 Å². The lowest BCUT2D eigenvalue weighted by Crippen LogP contribution is -2.29. The summed E-state index contributed by atoms with van der Waals surface area (Å²) >= 11 is 0. The van der Waals surface area contributed by atoms with E-state index < -0.39 is 0 Å². The van der Waals surface area contributed by atoms with E-state index in [1.165, 1.54) is 5.56 Å². The maximum Gasteiger partial charge on any atom is 0.273 e. The van der Waals surface area contributed by atoms with Crippen molar-refractivity contribution in [3.63, 3.8) is 0 Å². The second-order valence-electron chi connectivity index (χ2n) is 7.37. The van der Waals surface area contributed by atoms with Gasteiger partial charge in [0.25, 0.3) is 5.91 Å². The number of piperidine rings is 1. The first-order valence-electron chi connectivity index (χ1n) is 10.2. The van der Waals surface area contributed by atoms with Crippen LogP contribution in [0.25, 0.3) is 0 Å². The van der Waals surface area contributed by atoms with Crippen molar-refractivity contribution in [1.29, 1.82) is 0 Å². The molecule has 0 spiro atoms. The van der Waals surface area contributed by atoms with Crippen LogP contribution in [0, 0.1) is 0 Å². The van der Waals surface area contributed by atoms with Crippen molar-refractivity contribution in [1.82, 2.24) is 35.2 Å². The number of carbonyl (C=O) groups excluding carboxylic acids is 1. The summed E-state index contributed by atoms with van der Waals surface area (Å²) in [5, 5.41) is 14.4. The lowest BCUT2D eigenvalue weighted by Gasteiger charge is -2.22. The van der Waals surface area contributed by atoms with Gasteiger partial charge in [0.1, 0.15) is 5.82 Å². The molecule has 1 saturated heterocycles. The molecule has 29 heavy (non-hydrogen) atoms. The predicted molar refractivity (Wildman–Crippen MR) is 109 cm³/mol. The summed E-state index contributed by atoms with van der Waals surface area (Å²) < 4.78 is 3.91. The minimum absolute atomic E-state index is 0.219. The number of amides is 1. The summed E-state index contributed by atoms with van der Waals surface area (Å²) in [6.45, 7) is 3.18. The van der Waals surface area contributed by atoms with Gasteiger partial charge in [0, 0.05) is 18.9 Å². The number of benzene rings is 1. The van der Waals surface area contributed by atoms with Crippen LogP contribution in [-0.4, -0.2) is 43.5 Å². The fourth-order valence-electron chi connectivity index (χ4n) is 3.69. The Kier molecular flexibility index (Phi) is 6.31. The van der Waals surface area contributed by atoms with Crippen LogP contribution in [0.5, 0.6) is 0 Å². The second kappa shape index (κ2) is 9.47. The summed E-state index contributed by atoms with van der Waals surface area (Å²) in [5.41, 5.74) is 1.69. The molecule has 0 radical (unpaired) electrons. The second-order valence-corrected chi connectivity index (χ2v) is 7.37. The molecule has 1 amide bonds. The van der Waals surface area contributed by atoms with E-state index in [1.807, 2.05) is 16.9 Å². The predicted octanol–water partition coefficient (Wildman–Crippen LogP) is 1.96. The van der Waals surface area contributed by atoms with Gasteiger partial charge in [0.2, 0.25) is 0 Å². The minimum Gasteiger partial charge on any atom is -0.343 e. The van der Waals surface area contributed by atoms with Crippen molar-refractivity contribution in [3.05, 3.63) is 66.0 Å². The number of nitrogens with zero attached hydrogens (tertiary/aromatic N) is 5. The van der Waals surface area contributed by atoms with Crippen LogP contribution >= 0.6 is 0 Å². The van der Waals surface area contributed by atoms with Crippen molar-refractivity contribution in [2.24, 2.45) is 0 Å². The number of rotatable bonds is 8. The van der Waals surface area contributed by atoms with Crippen LogP contribution in [0.2, 0.25) is 0 Å². The Morgan fingerprint density at radius 3 is 2.86 bits per heavy atom. The third-order valence-corrected chi connectivity index (χ3v) is 5.34. The van der Waals surface area contributed by atoms with E-state index in [2.05, 4.69) is 54.8 Å². The fraction of sp³-hybridized carbons (Fsp3) is 0.429. The Balaban J connectivity index is 1.27. The highest BCUT2D eigenvalue weighted by atomic mass is 16.2. The Bertz CT molecular complexity index is 912. The summed E-state index contributed by atoms with van der Waals surface area (Å²) in [4.78, 5) is 16.9. The first-order chi connectivity index (χ1) is 14.3. The maximum absolute atomic E-state index is 12.5. The zero-order valence-corrected chi connectivity index (χ0v) is 16.5. The highest BCUT2D eigenvalue weighted by Gasteiger charge is 2.19. The van der Waals surface area contributed by atoms with Crippen LogP contribution in [0.1, 0.15) is 47.2 Å². The Morgan fingerprint density at radius 2 is 2.03 bits per heavy atom. The number of imidazole rings is 1. The number of aryl methyl sites for hydroxylation is 2. The molecule has 0 bridgehead atoms. The van der Waals surface area contributed by atoms with Crippen molar-refractivity contribution >= 4 is 5.91 Å². The lowest BCUT2D eigenvalue weighted by atomic mass is 10.1. The van der Waals surface area contributed by atoms with Gasteiger partial charge in [-0.3, -0.25) is 4.79 Å². The molecule has 8 heteroatoms. The van der Waals surface area contributed by atoms with Crippen LogP contribution in [0.4, 0.5) is 0 Å². The van der Waals surface area contributed by atoms with Gasteiger partial charge in [0.05, 0.1) is 18.8 Å². The first-order valence-corrected chi connectivity index (χ1v) is 10.2. The number of carbonyl (C=O) groups is 1. The van der Waals surface area contributed by atoms with Crippen molar-refractivity contribution in [3.8, 4) is 0 Å². The summed E-state index contributed by atoms with van der Waals surface area (Å²) in [6.07, 6.45) is 9.53. The van der Waals surface area contributed by atoms with Gasteiger partial charge in [-0.2, -0.15) is 0 Å². The van der Waals surface area contributed by atoms with E-state index in [-0.39, 0.29) is 5.91 Å². The summed E-state index contributed by atoms with van der Waals surface area (Å²) in [6, 6.07) is 10.8. The smallest absolute Gasteiger partial charge is 0.273 e. The summed E-state index contributed by atoms with van der Waals surface area (Å²) in [5.74, 6) is 0.626. The highest BCUT2D eigenvalue weighted by molar-refractivity contribution is 5.91. The number of nitrogens with one attached hydrogen (secondary N) is 2. The molecule has 8 nitrogen and oxygen atoms in total. The van der Waals surface area contributed by atoms with E-state index >= 15 is 0 Å². The Hall–Kier alpha value is -3.00. The molecular formula is C21H27N7O. The van der Waals surface area contributed by atoms with E-state index in [4.69, 9.17) is 0 Å². The van der Waals surface area contributed by atoms with Gasteiger partial charge < -0.3 is 15.2 Å². The van der Waals surface area contributed by atoms with E-state index in [0.717, 1.165) is 51.1 Å². The molecule has 1 aromatic carbocycles. The molecule has 1 fully saturated rings. The molecule has 0 aliphatic carbocycles. The average molecular weight is 393 g/mol. The zero-order valence-electron chi connectivity index (χ0n) is 16.5. The van der Waals surface area contributed by atoms with E-state index in [9.17, 15) is 4.79 Å². The Labute approximate surface area is 170 Å².